The summed E-state index contributed by atoms with van der Waals surface area (Å²) in [6, 6.07) is 9.83. The standard InChI is InChI=1S/C15H19NO2/c1-2-9-18-10-5-7-13-11-12-6-3-4-8-14(12)16-15(13)17/h3-4,6,8,11H,2,5,7,9-10H2,1H3,(H,16,17). The first-order valence-electron chi connectivity index (χ1n) is 6.50. The van der Waals surface area contributed by atoms with E-state index in [9.17, 15) is 4.79 Å². The Kier molecular flexibility index (Phi) is 4.53. The molecule has 0 unspecified atom stereocenters. The molecule has 0 aliphatic heterocycles. The van der Waals surface area contributed by atoms with E-state index in [-0.39, 0.29) is 5.56 Å². The molecule has 0 radical (unpaired) electrons. The quantitative estimate of drug-likeness (QED) is 0.795. The Morgan fingerprint density at radius 3 is 2.89 bits per heavy atom. The molecule has 0 saturated heterocycles. The van der Waals surface area contributed by atoms with Gasteiger partial charge in [-0.05, 0) is 36.8 Å². The average molecular weight is 245 g/mol. The molecular formula is C15H19NO2. The molecule has 0 fully saturated rings. The summed E-state index contributed by atoms with van der Waals surface area (Å²) in [7, 11) is 0. The normalized spacial score (nSPS) is 10.9. The number of para-hydroxylation sites is 1. The van der Waals surface area contributed by atoms with Gasteiger partial charge in [-0.25, -0.2) is 0 Å². The van der Waals surface area contributed by atoms with Gasteiger partial charge in [0.15, 0.2) is 0 Å². The second-order valence-corrected chi connectivity index (χ2v) is 4.43. The van der Waals surface area contributed by atoms with E-state index < -0.39 is 0 Å². The number of aryl methyl sites for hydroxylation is 1. The molecule has 2 rings (SSSR count). The van der Waals surface area contributed by atoms with Crippen molar-refractivity contribution in [3.63, 3.8) is 0 Å². The minimum Gasteiger partial charge on any atom is -0.381 e. The summed E-state index contributed by atoms with van der Waals surface area (Å²) >= 11 is 0. The summed E-state index contributed by atoms with van der Waals surface area (Å²) in [5.41, 5.74) is 1.76. The van der Waals surface area contributed by atoms with E-state index in [0.717, 1.165) is 48.9 Å². The summed E-state index contributed by atoms with van der Waals surface area (Å²) in [5, 5.41) is 1.08. The number of nitrogens with one attached hydrogen (secondary N) is 1. The number of benzene rings is 1. The Labute approximate surface area is 107 Å². The predicted molar refractivity (Wildman–Crippen MR) is 74.0 cm³/mol. The summed E-state index contributed by atoms with van der Waals surface area (Å²) in [6.45, 7) is 3.61. The highest BCUT2D eigenvalue weighted by Crippen LogP contribution is 2.10. The van der Waals surface area contributed by atoms with E-state index in [2.05, 4.69) is 11.9 Å². The van der Waals surface area contributed by atoms with Crippen LogP contribution in [0.2, 0.25) is 0 Å². The van der Waals surface area contributed by atoms with Crippen LogP contribution in [0.3, 0.4) is 0 Å². The molecule has 2 aromatic rings. The van der Waals surface area contributed by atoms with Crippen LogP contribution >= 0.6 is 0 Å². The lowest BCUT2D eigenvalue weighted by molar-refractivity contribution is 0.132. The molecule has 1 aromatic heterocycles. The third kappa shape index (κ3) is 3.20. The second-order valence-electron chi connectivity index (χ2n) is 4.43. The van der Waals surface area contributed by atoms with Crippen molar-refractivity contribution in [1.82, 2.24) is 4.98 Å². The van der Waals surface area contributed by atoms with Gasteiger partial charge in [0.05, 0.1) is 0 Å². The monoisotopic (exact) mass is 245 g/mol. The molecule has 1 aromatic carbocycles. The Hall–Kier alpha value is -1.61. The van der Waals surface area contributed by atoms with Crippen molar-refractivity contribution in [3.8, 4) is 0 Å². The zero-order valence-corrected chi connectivity index (χ0v) is 10.7. The van der Waals surface area contributed by atoms with E-state index in [1.54, 1.807) is 0 Å². The Morgan fingerprint density at radius 1 is 1.22 bits per heavy atom. The van der Waals surface area contributed by atoms with Crippen LogP contribution in [0.1, 0.15) is 25.3 Å². The average Bonchev–Trinajstić information content (AvgIpc) is 2.39. The molecule has 0 aliphatic carbocycles. The third-order valence-corrected chi connectivity index (χ3v) is 2.91. The third-order valence-electron chi connectivity index (χ3n) is 2.91. The predicted octanol–water partition coefficient (Wildman–Crippen LogP) is 2.89. The Balaban J connectivity index is 2.04. The number of hydrogen-bond acceptors (Lipinski definition) is 2. The highest BCUT2D eigenvalue weighted by molar-refractivity contribution is 5.78. The fourth-order valence-corrected chi connectivity index (χ4v) is 1.99. The first-order valence-corrected chi connectivity index (χ1v) is 6.50. The van der Waals surface area contributed by atoms with E-state index in [4.69, 9.17) is 4.74 Å². The van der Waals surface area contributed by atoms with Crippen molar-refractivity contribution in [2.45, 2.75) is 26.2 Å². The number of H-pyrrole nitrogens is 1. The van der Waals surface area contributed by atoms with Crippen LogP contribution in [0.15, 0.2) is 35.1 Å². The lowest BCUT2D eigenvalue weighted by atomic mass is 10.1. The number of aromatic nitrogens is 1. The fraction of sp³-hybridized carbons (Fsp3) is 0.400. The first kappa shape index (κ1) is 12.8. The van der Waals surface area contributed by atoms with Crippen LogP contribution in [0.4, 0.5) is 0 Å². The summed E-state index contributed by atoms with van der Waals surface area (Å²) in [5.74, 6) is 0. The van der Waals surface area contributed by atoms with Crippen molar-refractivity contribution in [2.24, 2.45) is 0 Å². The van der Waals surface area contributed by atoms with Gasteiger partial charge in [0.2, 0.25) is 0 Å². The molecule has 1 N–H and O–H groups in total. The van der Waals surface area contributed by atoms with Crippen molar-refractivity contribution < 1.29 is 4.74 Å². The minimum atomic E-state index is 0.0178. The van der Waals surface area contributed by atoms with Gasteiger partial charge in [0.25, 0.3) is 5.56 Å². The van der Waals surface area contributed by atoms with Crippen LogP contribution in [0.5, 0.6) is 0 Å². The van der Waals surface area contributed by atoms with E-state index in [0.29, 0.717) is 0 Å². The zero-order chi connectivity index (χ0) is 12.8. The van der Waals surface area contributed by atoms with E-state index >= 15 is 0 Å². The molecule has 96 valence electrons. The van der Waals surface area contributed by atoms with Crippen LogP contribution in [-0.2, 0) is 11.2 Å². The molecule has 0 saturated carbocycles. The van der Waals surface area contributed by atoms with Crippen molar-refractivity contribution in [3.05, 3.63) is 46.2 Å². The van der Waals surface area contributed by atoms with Gasteiger partial charge in [-0.2, -0.15) is 0 Å². The molecular weight excluding hydrogens is 226 g/mol. The van der Waals surface area contributed by atoms with Crippen molar-refractivity contribution >= 4 is 10.9 Å². The highest BCUT2D eigenvalue weighted by Gasteiger charge is 2.02. The largest absolute Gasteiger partial charge is 0.381 e. The number of hydrogen-bond donors (Lipinski definition) is 1. The van der Waals surface area contributed by atoms with Gasteiger partial charge in [-0.15, -0.1) is 0 Å². The summed E-state index contributed by atoms with van der Waals surface area (Å²) in [6.07, 6.45) is 2.70. The molecule has 18 heavy (non-hydrogen) atoms. The molecule has 0 aliphatic rings. The second kappa shape index (κ2) is 6.36. The maximum absolute atomic E-state index is 11.9. The number of pyridine rings is 1. The lowest BCUT2D eigenvalue weighted by Crippen LogP contribution is -2.13. The number of rotatable bonds is 6. The van der Waals surface area contributed by atoms with Gasteiger partial charge in [0, 0.05) is 24.3 Å². The van der Waals surface area contributed by atoms with Crippen molar-refractivity contribution in [2.75, 3.05) is 13.2 Å². The maximum Gasteiger partial charge on any atom is 0.251 e. The van der Waals surface area contributed by atoms with Gasteiger partial charge in [-0.3, -0.25) is 4.79 Å². The molecule has 3 nitrogen and oxygen atoms in total. The summed E-state index contributed by atoms with van der Waals surface area (Å²) in [4.78, 5) is 14.8. The van der Waals surface area contributed by atoms with Crippen LogP contribution in [-0.4, -0.2) is 18.2 Å². The zero-order valence-electron chi connectivity index (χ0n) is 10.7. The van der Waals surface area contributed by atoms with Gasteiger partial charge in [-0.1, -0.05) is 25.1 Å². The van der Waals surface area contributed by atoms with Crippen molar-refractivity contribution in [1.29, 1.82) is 0 Å². The first-order chi connectivity index (χ1) is 8.81. The number of aromatic amines is 1. The molecule has 0 spiro atoms. The molecule has 0 atom stereocenters. The summed E-state index contributed by atoms with van der Waals surface area (Å²) < 4.78 is 5.42. The fourth-order valence-electron chi connectivity index (χ4n) is 1.99. The molecule has 3 heteroatoms. The van der Waals surface area contributed by atoms with Crippen LogP contribution in [0.25, 0.3) is 10.9 Å². The Morgan fingerprint density at radius 2 is 2.06 bits per heavy atom. The Bertz CT molecular complexity index is 560. The maximum atomic E-state index is 11.9. The van der Waals surface area contributed by atoms with Gasteiger partial charge < -0.3 is 9.72 Å². The molecule has 1 heterocycles. The van der Waals surface area contributed by atoms with Gasteiger partial charge in [0.1, 0.15) is 0 Å². The smallest absolute Gasteiger partial charge is 0.251 e. The number of ether oxygens (including phenoxy) is 1. The highest BCUT2D eigenvalue weighted by atomic mass is 16.5. The van der Waals surface area contributed by atoms with Gasteiger partial charge >= 0.3 is 0 Å². The van der Waals surface area contributed by atoms with E-state index in [1.807, 2.05) is 30.3 Å². The lowest BCUT2D eigenvalue weighted by Gasteiger charge is -2.04. The SMILES string of the molecule is CCCOCCCc1cc2ccccc2[nH]c1=O. The molecule has 0 bridgehead atoms. The van der Waals surface area contributed by atoms with Crippen LogP contribution < -0.4 is 5.56 Å². The van der Waals surface area contributed by atoms with Crippen LogP contribution in [0, 0.1) is 0 Å². The van der Waals surface area contributed by atoms with E-state index in [1.165, 1.54) is 0 Å². The topological polar surface area (TPSA) is 42.1 Å². The molecule has 0 amide bonds. The minimum absolute atomic E-state index is 0.0178. The number of fused-ring (bicyclic) bond motifs is 1.